The van der Waals surface area contributed by atoms with E-state index in [4.69, 9.17) is 49.1 Å². The predicted octanol–water partition coefficient (Wildman–Crippen LogP) is 5.39. The molecule has 7 heteroatoms. The van der Waals surface area contributed by atoms with Crippen molar-refractivity contribution in [3.8, 4) is 11.5 Å². The SMILES string of the molecule is C=CCOc1cc(Cl)c(OCCCON=C(C)C)c(Cl)c1Cl. The van der Waals surface area contributed by atoms with E-state index in [2.05, 4.69) is 11.7 Å². The van der Waals surface area contributed by atoms with E-state index in [1.165, 1.54) is 0 Å². The van der Waals surface area contributed by atoms with E-state index in [1.807, 2.05) is 13.8 Å². The molecule has 0 aliphatic rings. The molecule has 0 N–H and O–H groups in total. The largest absolute Gasteiger partial charge is 0.490 e. The summed E-state index contributed by atoms with van der Waals surface area (Å²) in [6.45, 7) is 8.40. The third-order valence-corrected chi connectivity index (χ3v) is 3.43. The average Bonchev–Trinajstić information content (AvgIpc) is 2.47. The van der Waals surface area contributed by atoms with Gasteiger partial charge in [0.05, 0.1) is 17.3 Å². The Bertz CT molecular complexity index is 543. The molecule has 22 heavy (non-hydrogen) atoms. The average molecular weight is 367 g/mol. The van der Waals surface area contributed by atoms with Crippen LogP contribution >= 0.6 is 34.8 Å². The second kappa shape index (κ2) is 9.82. The van der Waals surface area contributed by atoms with Gasteiger partial charge in [-0.1, -0.05) is 52.6 Å². The highest BCUT2D eigenvalue weighted by atomic mass is 35.5. The fourth-order valence-corrected chi connectivity index (χ4v) is 2.16. The van der Waals surface area contributed by atoms with E-state index in [-0.39, 0.29) is 10.0 Å². The maximum Gasteiger partial charge on any atom is 0.158 e. The van der Waals surface area contributed by atoms with Crippen LogP contribution in [0.3, 0.4) is 0 Å². The lowest BCUT2D eigenvalue weighted by atomic mass is 10.3. The fraction of sp³-hybridized carbons (Fsp3) is 0.400. The van der Waals surface area contributed by atoms with E-state index < -0.39 is 0 Å². The Kier molecular flexibility index (Phi) is 8.46. The Morgan fingerprint density at radius 3 is 2.55 bits per heavy atom. The zero-order chi connectivity index (χ0) is 16.5. The number of nitrogens with zero attached hydrogens (tertiary/aromatic N) is 1. The molecule has 1 aromatic rings. The Morgan fingerprint density at radius 1 is 1.18 bits per heavy atom. The maximum absolute atomic E-state index is 6.16. The van der Waals surface area contributed by atoms with Crippen LogP contribution in [0.5, 0.6) is 11.5 Å². The predicted molar refractivity (Wildman–Crippen MR) is 92.0 cm³/mol. The summed E-state index contributed by atoms with van der Waals surface area (Å²) >= 11 is 18.4. The summed E-state index contributed by atoms with van der Waals surface area (Å²) in [5.41, 5.74) is 0.855. The van der Waals surface area contributed by atoms with Gasteiger partial charge in [0, 0.05) is 12.5 Å². The summed E-state index contributed by atoms with van der Waals surface area (Å²) in [6.07, 6.45) is 2.23. The van der Waals surface area contributed by atoms with E-state index in [1.54, 1.807) is 12.1 Å². The fourth-order valence-electron chi connectivity index (χ4n) is 1.42. The molecule has 0 unspecified atom stereocenters. The Balaban J connectivity index is 2.62. The van der Waals surface area contributed by atoms with Gasteiger partial charge < -0.3 is 14.3 Å². The lowest BCUT2D eigenvalue weighted by Gasteiger charge is -2.14. The number of halogens is 3. The van der Waals surface area contributed by atoms with Gasteiger partial charge in [-0.15, -0.1) is 0 Å². The van der Waals surface area contributed by atoms with E-state index >= 15 is 0 Å². The molecule has 0 bridgehead atoms. The van der Waals surface area contributed by atoms with Crippen LogP contribution < -0.4 is 9.47 Å². The van der Waals surface area contributed by atoms with Crippen molar-refractivity contribution in [2.75, 3.05) is 19.8 Å². The van der Waals surface area contributed by atoms with Crippen molar-refractivity contribution in [1.82, 2.24) is 0 Å². The molecule has 0 radical (unpaired) electrons. The number of ether oxygens (including phenoxy) is 2. The first kappa shape index (κ1) is 18.9. The number of hydrogen-bond acceptors (Lipinski definition) is 4. The van der Waals surface area contributed by atoms with Crippen LogP contribution in [0, 0.1) is 0 Å². The molecule has 0 aliphatic carbocycles. The Hall–Kier alpha value is -1.10. The first-order valence-corrected chi connectivity index (χ1v) is 7.78. The standard InChI is InChI=1S/C15H18Cl3NO3/c1-4-6-20-12-9-11(16)15(14(18)13(12)17)21-7-5-8-22-19-10(2)3/h4,9H,1,5-8H2,2-3H3. The molecule has 1 aromatic carbocycles. The Morgan fingerprint density at radius 2 is 1.91 bits per heavy atom. The van der Waals surface area contributed by atoms with Crippen LogP contribution in [0.25, 0.3) is 0 Å². The molecule has 0 atom stereocenters. The van der Waals surface area contributed by atoms with Gasteiger partial charge in [-0.3, -0.25) is 0 Å². The van der Waals surface area contributed by atoms with Crippen LogP contribution in [0.2, 0.25) is 15.1 Å². The van der Waals surface area contributed by atoms with Crippen molar-refractivity contribution in [2.45, 2.75) is 20.3 Å². The van der Waals surface area contributed by atoms with Crippen molar-refractivity contribution >= 4 is 40.5 Å². The van der Waals surface area contributed by atoms with Gasteiger partial charge in [-0.05, 0) is 13.8 Å². The second-order valence-corrected chi connectivity index (χ2v) is 5.65. The number of hydrogen-bond donors (Lipinski definition) is 0. The molecule has 0 aromatic heterocycles. The number of benzene rings is 1. The maximum atomic E-state index is 6.16. The summed E-state index contributed by atoms with van der Waals surface area (Å²) in [6, 6.07) is 1.57. The van der Waals surface area contributed by atoms with E-state index in [9.17, 15) is 0 Å². The molecule has 0 saturated carbocycles. The third kappa shape index (κ3) is 5.95. The molecule has 0 heterocycles. The third-order valence-electron chi connectivity index (χ3n) is 2.31. The molecule has 0 saturated heterocycles. The van der Waals surface area contributed by atoms with Crippen molar-refractivity contribution in [2.24, 2.45) is 5.16 Å². The number of oxime groups is 1. The first-order chi connectivity index (χ1) is 10.5. The molecule has 0 aliphatic heterocycles. The molecule has 4 nitrogen and oxygen atoms in total. The second-order valence-electron chi connectivity index (χ2n) is 4.49. The molecule has 122 valence electrons. The minimum absolute atomic E-state index is 0.219. The molecule has 0 amide bonds. The minimum atomic E-state index is 0.219. The molecular weight excluding hydrogens is 349 g/mol. The lowest BCUT2D eigenvalue weighted by Crippen LogP contribution is -2.03. The number of rotatable bonds is 9. The highest BCUT2D eigenvalue weighted by Crippen LogP contribution is 2.44. The summed E-state index contributed by atoms with van der Waals surface area (Å²) in [5, 5.41) is 4.63. The van der Waals surface area contributed by atoms with Crippen LogP contribution in [0.4, 0.5) is 0 Å². The van der Waals surface area contributed by atoms with Crippen LogP contribution in [-0.2, 0) is 4.84 Å². The van der Waals surface area contributed by atoms with E-state index in [0.717, 1.165) is 5.71 Å². The smallest absolute Gasteiger partial charge is 0.158 e. The van der Waals surface area contributed by atoms with Crippen molar-refractivity contribution < 1.29 is 14.3 Å². The monoisotopic (exact) mass is 365 g/mol. The normalized spacial score (nSPS) is 10.0. The minimum Gasteiger partial charge on any atom is -0.490 e. The lowest BCUT2D eigenvalue weighted by molar-refractivity contribution is 0.127. The van der Waals surface area contributed by atoms with Crippen molar-refractivity contribution in [3.05, 3.63) is 33.8 Å². The first-order valence-electron chi connectivity index (χ1n) is 6.64. The van der Waals surface area contributed by atoms with Gasteiger partial charge in [-0.25, -0.2) is 0 Å². The summed E-state index contributed by atoms with van der Waals surface area (Å²) in [4.78, 5) is 5.07. The van der Waals surface area contributed by atoms with Gasteiger partial charge in [0.2, 0.25) is 0 Å². The summed E-state index contributed by atoms with van der Waals surface area (Å²) in [7, 11) is 0. The van der Waals surface area contributed by atoms with Gasteiger partial charge in [-0.2, -0.15) is 0 Å². The zero-order valence-electron chi connectivity index (χ0n) is 12.5. The van der Waals surface area contributed by atoms with Gasteiger partial charge in [0.25, 0.3) is 0 Å². The van der Waals surface area contributed by atoms with Gasteiger partial charge in [0.15, 0.2) is 5.75 Å². The topological polar surface area (TPSA) is 40.0 Å². The van der Waals surface area contributed by atoms with E-state index in [0.29, 0.717) is 42.8 Å². The molecule has 0 spiro atoms. The van der Waals surface area contributed by atoms with Crippen molar-refractivity contribution in [1.29, 1.82) is 0 Å². The summed E-state index contributed by atoms with van der Waals surface area (Å²) in [5.74, 6) is 0.717. The molecule has 1 rings (SSSR count). The van der Waals surface area contributed by atoms with Gasteiger partial charge >= 0.3 is 0 Å². The highest BCUT2D eigenvalue weighted by molar-refractivity contribution is 6.45. The quantitative estimate of drug-likeness (QED) is 0.193. The van der Waals surface area contributed by atoms with Crippen molar-refractivity contribution in [3.63, 3.8) is 0 Å². The molecule has 0 fully saturated rings. The zero-order valence-corrected chi connectivity index (χ0v) is 14.8. The van der Waals surface area contributed by atoms with Gasteiger partial charge in [0.1, 0.15) is 29.0 Å². The van der Waals surface area contributed by atoms with Crippen LogP contribution in [0.1, 0.15) is 20.3 Å². The van der Waals surface area contributed by atoms with Crippen LogP contribution in [0.15, 0.2) is 23.9 Å². The molecular formula is C15H18Cl3NO3. The summed E-state index contributed by atoms with van der Waals surface area (Å²) < 4.78 is 10.9. The van der Waals surface area contributed by atoms with Crippen LogP contribution in [-0.4, -0.2) is 25.5 Å². The highest BCUT2D eigenvalue weighted by Gasteiger charge is 2.16. The Labute approximate surface area is 145 Å².